The van der Waals surface area contributed by atoms with Gasteiger partial charge in [-0.1, -0.05) is 12.1 Å². The predicted molar refractivity (Wildman–Crippen MR) is 71.9 cm³/mol. The Hall–Kier alpha value is -0.710. The van der Waals surface area contributed by atoms with Gasteiger partial charge in [0.05, 0.1) is 5.69 Å². The minimum Gasteiger partial charge on any atom is -0.396 e. The van der Waals surface area contributed by atoms with Gasteiger partial charge in [0.1, 0.15) is 0 Å². The number of nitrogens with one attached hydrogen (secondary N) is 1. The zero-order chi connectivity index (χ0) is 11.1. The molecule has 2 aromatic rings. The van der Waals surface area contributed by atoms with E-state index in [2.05, 4.69) is 38.9 Å². The van der Waals surface area contributed by atoms with Crippen LogP contribution < -0.4 is 4.72 Å². The Morgan fingerprint density at radius 3 is 3.06 bits per heavy atom. The van der Waals surface area contributed by atoms with Crippen LogP contribution in [0.1, 0.15) is 5.56 Å². The van der Waals surface area contributed by atoms with Crippen molar-refractivity contribution in [2.24, 2.45) is 0 Å². The molecule has 0 saturated carbocycles. The van der Waals surface area contributed by atoms with Crippen molar-refractivity contribution in [3.8, 4) is 0 Å². The van der Waals surface area contributed by atoms with Gasteiger partial charge in [0.25, 0.3) is 0 Å². The zero-order valence-corrected chi connectivity index (χ0v) is 10.9. The number of hydrogen-bond donors (Lipinski definition) is 2. The number of aliphatic hydroxyl groups excluding tert-OH is 1. The number of anilines is 1. The molecule has 0 aromatic heterocycles. The quantitative estimate of drug-likeness (QED) is 0.831. The molecule has 2 aromatic carbocycles. The number of rotatable bonds is 2. The van der Waals surface area contributed by atoms with Gasteiger partial charge < -0.3 is 9.83 Å². The molecule has 0 aliphatic carbocycles. The van der Waals surface area contributed by atoms with Crippen LogP contribution in [0.15, 0.2) is 33.6 Å². The maximum absolute atomic E-state index is 9.05. The van der Waals surface area contributed by atoms with Crippen LogP contribution >= 0.6 is 27.9 Å². The highest BCUT2D eigenvalue weighted by Crippen LogP contribution is 2.44. The standard InChI is InChI=1S/C12H10BrNOS/c13-12-7(4-5-15)6-10-11-8(12)2-1-3-9(11)14-16-10/h1-3,6,14-15H,4-5H2. The first kappa shape index (κ1) is 10.4. The van der Waals surface area contributed by atoms with Crippen molar-refractivity contribution in [1.82, 2.24) is 0 Å². The molecule has 0 bridgehead atoms. The van der Waals surface area contributed by atoms with Crippen LogP contribution in [0.4, 0.5) is 5.69 Å². The van der Waals surface area contributed by atoms with Crippen molar-refractivity contribution in [2.45, 2.75) is 11.3 Å². The maximum Gasteiger partial charge on any atom is 0.0534 e. The highest BCUT2D eigenvalue weighted by molar-refractivity contribution is 9.10. The lowest BCUT2D eigenvalue weighted by atomic mass is 10.0. The Morgan fingerprint density at radius 1 is 1.38 bits per heavy atom. The highest BCUT2D eigenvalue weighted by atomic mass is 79.9. The first-order valence-corrected chi connectivity index (χ1v) is 6.70. The number of aliphatic hydroxyl groups is 1. The van der Waals surface area contributed by atoms with Gasteiger partial charge in [-0.05, 0) is 57.4 Å². The second-order valence-electron chi connectivity index (χ2n) is 3.75. The number of halogens is 1. The molecule has 0 radical (unpaired) electrons. The average molecular weight is 296 g/mol. The van der Waals surface area contributed by atoms with Crippen LogP contribution in [0.25, 0.3) is 10.8 Å². The molecule has 0 amide bonds. The molecule has 0 saturated heterocycles. The molecule has 3 rings (SSSR count). The second-order valence-corrected chi connectivity index (χ2v) is 5.39. The molecule has 1 aliphatic rings. The van der Waals surface area contributed by atoms with Crippen molar-refractivity contribution in [2.75, 3.05) is 11.3 Å². The third-order valence-corrected chi connectivity index (χ3v) is 4.59. The van der Waals surface area contributed by atoms with E-state index in [1.54, 1.807) is 11.9 Å². The van der Waals surface area contributed by atoms with Gasteiger partial charge in [-0.15, -0.1) is 0 Å². The summed E-state index contributed by atoms with van der Waals surface area (Å²) < 4.78 is 4.41. The molecule has 16 heavy (non-hydrogen) atoms. The first-order chi connectivity index (χ1) is 7.81. The van der Waals surface area contributed by atoms with Gasteiger partial charge in [0, 0.05) is 21.4 Å². The minimum absolute atomic E-state index is 0.182. The lowest BCUT2D eigenvalue weighted by molar-refractivity contribution is 0.299. The molecular formula is C12H10BrNOS. The average Bonchev–Trinajstić information content (AvgIpc) is 2.70. The van der Waals surface area contributed by atoms with Crippen molar-refractivity contribution < 1.29 is 5.11 Å². The maximum atomic E-state index is 9.05. The van der Waals surface area contributed by atoms with Gasteiger partial charge in [-0.25, -0.2) is 0 Å². The summed E-state index contributed by atoms with van der Waals surface area (Å²) in [6.07, 6.45) is 0.689. The fraction of sp³-hybridized carbons (Fsp3) is 0.167. The van der Waals surface area contributed by atoms with Gasteiger partial charge in [-0.2, -0.15) is 0 Å². The summed E-state index contributed by atoms with van der Waals surface area (Å²) in [5, 5.41) is 11.5. The topological polar surface area (TPSA) is 32.3 Å². The smallest absolute Gasteiger partial charge is 0.0534 e. The first-order valence-electron chi connectivity index (χ1n) is 5.09. The fourth-order valence-corrected chi connectivity index (χ4v) is 3.60. The minimum atomic E-state index is 0.182. The Morgan fingerprint density at radius 2 is 2.25 bits per heavy atom. The van der Waals surface area contributed by atoms with E-state index in [0.29, 0.717) is 6.42 Å². The van der Waals surface area contributed by atoms with E-state index >= 15 is 0 Å². The Bertz CT molecular complexity index is 570. The summed E-state index contributed by atoms with van der Waals surface area (Å²) in [6, 6.07) is 8.40. The molecule has 1 aliphatic heterocycles. The number of hydrogen-bond acceptors (Lipinski definition) is 3. The van der Waals surface area contributed by atoms with Crippen LogP contribution in [0, 0.1) is 0 Å². The molecule has 0 spiro atoms. The molecule has 0 unspecified atom stereocenters. The SMILES string of the molecule is OCCc1cc2c3c(cccc3c1Br)NS2. The monoisotopic (exact) mass is 295 g/mol. The van der Waals surface area contributed by atoms with E-state index in [0.717, 1.165) is 4.47 Å². The predicted octanol–water partition coefficient (Wildman–Crippen LogP) is 3.57. The third-order valence-electron chi connectivity index (χ3n) is 2.79. The Kier molecular flexibility index (Phi) is 2.58. The van der Waals surface area contributed by atoms with E-state index in [1.807, 2.05) is 6.07 Å². The lowest BCUT2D eigenvalue weighted by Gasteiger charge is -2.08. The van der Waals surface area contributed by atoms with Crippen molar-refractivity contribution in [3.05, 3.63) is 34.3 Å². The largest absolute Gasteiger partial charge is 0.396 e. The fourth-order valence-electron chi connectivity index (χ4n) is 2.05. The van der Waals surface area contributed by atoms with Gasteiger partial charge in [-0.3, -0.25) is 0 Å². The van der Waals surface area contributed by atoms with E-state index in [4.69, 9.17) is 5.11 Å². The summed E-state index contributed by atoms with van der Waals surface area (Å²) >= 11 is 5.27. The van der Waals surface area contributed by atoms with Crippen LogP contribution in [-0.4, -0.2) is 11.7 Å². The molecule has 2 nitrogen and oxygen atoms in total. The normalized spacial score (nSPS) is 13.1. The molecular weight excluding hydrogens is 286 g/mol. The van der Waals surface area contributed by atoms with E-state index in [9.17, 15) is 0 Å². The van der Waals surface area contributed by atoms with Crippen LogP contribution in [0.2, 0.25) is 0 Å². The summed E-state index contributed by atoms with van der Waals surface area (Å²) in [5.74, 6) is 0. The molecule has 82 valence electrons. The van der Waals surface area contributed by atoms with Crippen LogP contribution in [0.5, 0.6) is 0 Å². The van der Waals surface area contributed by atoms with Crippen LogP contribution in [-0.2, 0) is 6.42 Å². The third kappa shape index (κ3) is 1.44. The molecule has 2 N–H and O–H groups in total. The van der Waals surface area contributed by atoms with E-state index in [1.165, 1.54) is 26.9 Å². The lowest BCUT2D eigenvalue weighted by Crippen LogP contribution is -1.93. The van der Waals surface area contributed by atoms with Gasteiger partial charge in [0.15, 0.2) is 0 Å². The van der Waals surface area contributed by atoms with Crippen molar-refractivity contribution in [3.63, 3.8) is 0 Å². The summed E-state index contributed by atoms with van der Waals surface area (Å²) in [5.41, 5.74) is 2.34. The van der Waals surface area contributed by atoms with E-state index in [-0.39, 0.29) is 6.61 Å². The Balaban J connectivity index is 2.35. The zero-order valence-electron chi connectivity index (χ0n) is 8.46. The Labute approximate surface area is 106 Å². The summed E-state index contributed by atoms with van der Waals surface area (Å²) in [6.45, 7) is 0.182. The molecule has 4 heteroatoms. The highest BCUT2D eigenvalue weighted by Gasteiger charge is 2.18. The molecule has 0 atom stereocenters. The van der Waals surface area contributed by atoms with Crippen molar-refractivity contribution >= 4 is 44.3 Å². The summed E-state index contributed by atoms with van der Waals surface area (Å²) in [4.78, 5) is 1.25. The van der Waals surface area contributed by atoms with E-state index < -0.39 is 0 Å². The van der Waals surface area contributed by atoms with Gasteiger partial charge >= 0.3 is 0 Å². The number of benzene rings is 2. The van der Waals surface area contributed by atoms with Crippen LogP contribution in [0.3, 0.4) is 0 Å². The molecule has 0 fully saturated rings. The van der Waals surface area contributed by atoms with Gasteiger partial charge in [0.2, 0.25) is 0 Å². The second kappa shape index (κ2) is 3.95. The molecule has 1 heterocycles. The van der Waals surface area contributed by atoms with Crippen molar-refractivity contribution in [1.29, 1.82) is 0 Å². The summed E-state index contributed by atoms with van der Waals surface area (Å²) in [7, 11) is 0.